The third kappa shape index (κ3) is 4.80. The van der Waals surface area contributed by atoms with Crippen molar-refractivity contribution < 1.29 is 9.47 Å². The van der Waals surface area contributed by atoms with Gasteiger partial charge >= 0.3 is 0 Å². The summed E-state index contributed by atoms with van der Waals surface area (Å²) in [5.74, 6) is 3.05. The summed E-state index contributed by atoms with van der Waals surface area (Å²) in [7, 11) is 0. The Hall–Kier alpha value is -2.54. The molecule has 0 spiro atoms. The summed E-state index contributed by atoms with van der Waals surface area (Å²) >= 11 is 0. The van der Waals surface area contributed by atoms with Crippen LogP contribution in [0, 0.1) is 5.92 Å². The topological polar surface area (TPSA) is 108 Å². The SMILES string of the molecule is CCOc1ccc(OCC)c(CNCC2CCc3nc(N)nc(N)c3C2)c1. The van der Waals surface area contributed by atoms with E-state index in [1.54, 1.807) is 0 Å². The molecule has 1 heterocycles. The molecule has 0 saturated carbocycles. The molecule has 0 saturated heterocycles. The van der Waals surface area contributed by atoms with E-state index in [0.717, 1.165) is 60.7 Å². The number of fused-ring (bicyclic) bond motifs is 1. The van der Waals surface area contributed by atoms with Crippen molar-refractivity contribution in [1.82, 2.24) is 15.3 Å². The monoisotopic (exact) mass is 371 g/mol. The summed E-state index contributed by atoms with van der Waals surface area (Å²) in [5.41, 5.74) is 14.9. The van der Waals surface area contributed by atoms with Crippen LogP contribution in [0.25, 0.3) is 0 Å². The van der Waals surface area contributed by atoms with Gasteiger partial charge in [-0.1, -0.05) is 0 Å². The van der Waals surface area contributed by atoms with Crippen molar-refractivity contribution in [2.24, 2.45) is 5.92 Å². The standard InChI is InChI=1S/C20H29N5O2/c1-3-26-15-6-8-18(27-4-2)14(10-15)12-23-11-13-5-7-17-16(9-13)19(21)25-20(22)24-17/h6,8,10,13,23H,3-5,7,9,11-12H2,1-2H3,(H4,21,22,24,25). The summed E-state index contributed by atoms with van der Waals surface area (Å²) in [4.78, 5) is 8.43. The summed E-state index contributed by atoms with van der Waals surface area (Å²) in [6.45, 7) is 6.89. The van der Waals surface area contributed by atoms with Crippen molar-refractivity contribution in [2.45, 2.75) is 39.7 Å². The predicted molar refractivity (Wildman–Crippen MR) is 107 cm³/mol. The van der Waals surface area contributed by atoms with Gasteiger partial charge in [-0.05, 0) is 63.8 Å². The van der Waals surface area contributed by atoms with Crippen molar-refractivity contribution in [3.63, 3.8) is 0 Å². The van der Waals surface area contributed by atoms with E-state index in [-0.39, 0.29) is 5.95 Å². The highest BCUT2D eigenvalue weighted by Crippen LogP contribution is 2.28. The van der Waals surface area contributed by atoms with Crippen molar-refractivity contribution in [3.05, 3.63) is 35.0 Å². The van der Waals surface area contributed by atoms with Crippen LogP contribution in [-0.2, 0) is 19.4 Å². The number of rotatable bonds is 8. The molecule has 1 aromatic carbocycles. The maximum atomic E-state index is 6.04. The third-order valence-corrected chi connectivity index (χ3v) is 4.82. The third-order valence-electron chi connectivity index (χ3n) is 4.82. The first-order valence-corrected chi connectivity index (χ1v) is 9.60. The van der Waals surface area contributed by atoms with Crippen LogP contribution in [0.15, 0.2) is 18.2 Å². The van der Waals surface area contributed by atoms with Crippen LogP contribution >= 0.6 is 0 Å². The van der Waals surface area contributed by atoms with Crippen molar-refractivity contribution in [1.29, 1.82) is 0 Å². The van der Waals surface area contributed by atoms with Crippen molar-refractivity contribution in [2.75, 3.05) is 31.2 Å². The van der Waals surface area contributed by atoms with E-state index in [1.165, 1.54) is 0 Å². The second-order valence-electron chi connectivity index (χ2n) is 6.77. The van der Waals surface area contributed by atoms with Gasteiger partial charge < -0.3 is 26.3 Å². The van der Waals surface area contributed by atoms with Gasteiger partial charge in [-0.3, -0.25) is 0 Å². The molecule has 0 amide bonds. The number of aryl methyl sites for hydroxylation is 1. The van der Waals surface area contributed by atoms with Crippen LogP contribution < -0.4 is 26.3 Å². The van der Waals surface area contributed by atoms with E-state index in [2.05, 4.69) is 15.3 Å². The minimum atomic E-state index is 0.264. The van der Waals surface area contributed by atoms with Crippen LogP contribution in [0.5, 0.6) is 11.5 Å². The van der Waals surface area contributed by atoms with Gasteiger partial charge in [0.15, 0.2) is 0 Å². The normalized spacial score (nSPS) is 16.0. The molecule has 146 valence electrons. The van der Waals surface area contributed by atoms with E-state index in [4.69, 9.17) is 20.9 Å². The molecule has 0 aliphatic heterocycles. The fourth-order valence-electron chi connectivity index (χ4n) is 3.56. The Bertz CT molecular complexity index is 781. The summed E-state index contributed by atoms with van der Waals surface area (Å²) in [5, 5.41) is 3.56. The van der Waals surface area contributed by atoms with Crippen LogP contribution in [0.1, 0.15) is 37.1 Å². The quantitative estimate of drug-likeness (QED) is 0.653. The number of benzene rings is 1. The maximum absolute atomic E-state index is 6.04. The number of nitrogens with two attached hydrogens (primary N) is 2. The van der Waals surface area contributed by atoms with Gasteiger partial charge in [0, 0.05) is 17.7 Å². The molecule has 7 nitrogen and oxygen atoms in total. The summed E-state index contributed by atoms with van der Waals surface area (Å²) in [6.07, 6.45) is 2.83. The Labute approximate surface area is 160 Å². The van der Waals surface area contributed by atoms with Crippen LogP contribution in [0.2, 0.25) is 0 Å². The van der Waals surface area contributed by atoms with Gasteiger partial charge in [0.05, 0.1) is 18.9 Å². The van der Waals surface area contributed by atoms with E-state index in [0.29, 0.717) is 24.9 Å². The predicted octanol–water partition coefficient (Wildman–Crippen LogP) is 2.33. The molecule has 2 aromatic rings. The molecule has 1 atom stereocenters. The molecule has 27 heavy (non-hydrogen) atoms. The average Bonchev–Trinajstić information content (AvgIpc) is 2.64. The first-order chi connectivity index (χ1) is 13.1. The number of anilines is 2. The molecule has 1 aliphatic carbocycles. The highest BCUT2D eigenvalue weighted by atomic mass is 16.5. The Morgan fingerprint density at radius 3 is 2.74 bits per heavy atom. The minimum Gasteiger partial charge on any atom is -0.494 e. The zero-order valence-electron chi connectivity index (χ0n) is 16.1. The molecule has 0 radical (unpaired) electrons. The molecule has 0 bridgehead atoms. The number of hydrogen-bond donors (Lipinski definition) is 3. The zero-order valence-corrected chi connectivity index (χ0v) is 16.1. The lowest BCUT2D eigenvalue weighted by Gasteiger charge is -2.25. The second kappa shape index (κ2) is 8.90. The first kappa shape index (κ1) is 19.2. The van der Waals surface area contributed by atoms with Crippen molar-refractivity contribution >= 4 is 11.8 Å². The number of nitrogens with one attached hydrogen (secondary N) is 1. The Kier molecular flexibility index (Phi) is 6.34. The number of aromatic nitrogens is 2. The fraction of sp³-hybridized carbons (Fsp3) is 0.500. The van der Waals surface area contributed by atoms with Crippen LogP contribution in [0.4, 0.5) is 11.8 Å². The number of nitrogen functional groups attached to an aromatic ring is 2. The Morgan fingerprint density at radius 2 is 1.96 bits per heavy atom. The lowest BCUT2D eigenvalue weighted by atomic mass is 9.86. The molecule has 7 heteroatoms. The van der Waals surface area contributed by atoms with Gasteiger partial charge in [-0.2, -0.15) is 4.98 Å². The Morgan fingerprint density at radius 1 is 1.15 bits per heavy atom. The average molecular weight is 371 g/mol. The lowest BCUT2D eigenvalue weighted by Crippen LogP contribution is -2.28. The van der Waals surface area contributed by atoms with Gasteiger partial charge in [0.2, 0.25) is 5.95 Å². The largest absolute Gasteiger partial charge is 0.494 e. The zero-order chi connectivity index (χ0) is 19.2. The second-order valence-corrected chi connectivity index (χ2v) is 6.77. The number of hydrogen-bond acceptors (Lipinski definition) is 7. The van der Waals surface area contributed by atoms with Crippen LogP contribution in [-0.4, -0.2) is 29.7 Å². The molecule has 1 aromatic heterocycles. The smallest absolute Gasteiger partial charge is 0.222 e. The summed E-state index contributed by atoms with van der Waals surface area (Å²) in [6, 6.07) is 5.97. The molecular formula is C20H29N5O2. The Balaban J connectivity index is 1.60. The molecule has 3 rings (SSSR count). The summed E-state index contributed by atoms with van der Waals surface area (Å²) < 4.78 is 11.4. The molecule has 5 N–H and O–H groups in total. The molecule has 0 fully saturated rings. The molecular weight excluding hydrogens is 342 g/mol. The lowest BCUT2D eigenvalue weighted by molar-refractivity contribution is 0.325. The molecule has 1 unspecified atom stereocenters. The van der Waals surface area contributed by atoms with E-state index in [1.807, 2.05) is 32.0 Å². The first-order valence-electron chi connectivity index (χ1n) is 9.60. The fourth-order valence-corrected chi connectivity index (χ4v) is 3.56. The highest BCUT2D eigenvalue weighted by Gasteiger charge is 2.22. The van der Waals surface area contributed by atoms with E-state index in [9.17, 15) is 0 Å². The van der Waals surface area contributed by atoms with Gasteiger partial charge in [-0.25, -0.2) is 4.98 Å². The van der Waals surface area contributed by atoms with Gasteiger partial charge in [-0.15, -0.1) is 0 Å². The minimum absolute atomic E-state index is 0.264. The van der Waals surface area contributed by atoms with Gasteiger partial charge in [0.25, 0.3) is 0 Å². The highest BCUT2D eigenvalue weighted by molar-refractivity contribution is 5.47. The van der Waals surface area contributed by atoms with Crippen molar-refractivity contribution in [3.8, 4) is 11.5 Å². The molecule has 1 aliphatic rings. The van der Waals surface area contributed by atoms with Gasteiger partial charge in [0.1, 0.15) is 17.3 Å². The maximum Gasteiger partial charge on any atom is 0.222 e. The van der Waals surface area contributed by atoms with E-state index < -0.39 is 0 Å². The van der Waals surface area contributed by atoms with Crippen LogP contribution in [0.3, 0.4) is 0 Å². The van der Waals surface area contributed by atoms with E-state index >= 15 is 0 Å². The number of nitrogens with zero attached hydrogens (tertiary/aromatic N) is 2. The number of ether oxygens (including phenoxy) is 2.